The molecule has 0 aliphatic heterocycles. The molecule has 1 aromatic rings. The van der Waals surface area contributed by atoms with Crippen molar-refractivity contribution in [2.24, 2.45) is 0 Å². The summed E-state index contributed by atoms with van der Waals surface area (Å²) >= 11 is 0. The quantitative estimate of drug-likeness (QED) is 0.698. The van der Waals surface area contributed by atoms with Gasteiger partial charge in [0, 0.05) is 6.04 Å². The van der Waals surface area contributed by atoms with Crippen LogP contribution in [0.4, 0.5) is 4.39 Å². The Balaban J connectivity index is 2.51. The van der Waals surface area contributed by atoms with E-state index in [1.165, 1.54) is 0 Å². The Morgan fingerprint density at radius 2 is 2.23 bits per heavy atom. The Kier molecular flexibility index (Phi) is 2.08. The maximum Gasteiger partial charge on any atom is 0.127 e. The van der Waals surface area contributed by atoms with Crippen molar-refractivity contribution < 1.29 is 4.39 Å². The van der Waals surface area contributed by atoms with Crippen LogP contribution in [0.15, 0.2) is 18.2 Å². The van der Waals surface area contributed by atoms with E-state index in [1.807, 2.05) is 13.1 Å². The van der Waals surface area contributed by atoms with E-state index in [1.54, 1.807) is 12.1 Å². The van der Waals surface area contributed by atoms with Gasteiger partial charge in [0.2, 0.25) is 0 Å². The molecule has 0 heterocycles. The number of halogens is 1. The lowest BCUT2D eigenvalue weighted by molar-refractivity contribution is 0.546. The third-order valence-corrected chi connectivity index (χ3v) is 2.89. The van der Waals surface area contributed by atoms with E-state index in [9.17, 15) is 4.39 Å². The van der Waals surface area contributed by atoms with Crippen LogP contribution in [0.1, 0.15) is 36.4 Å². The van der Waals surface area contributed by atoms with E-state index >= 15 is 0 Å². The first-order valence-corrected chi connectivity index (χ1v) is 4.69. The molecular weight excluding hydrogens is 165 g/mol. The molecule has 0 bridgehead atoms. The first kappa shape index (κ1) is 8.70. The van der Waals surface area contributed by atoms with Gasteiger partial charge in [-0.05, 0) is 36.6 Å². The fourth-order valence-electron chi connectivity index (χ4n) is 2.25. The molecule has 1 nitrogen and oxygen atoms in total. The van der Waals surface area contributed by atoms with Crippen LogP contribution < -0.4 is 5.32 Å². The summed E-state index contributed by atoms with van der Waals surface area (Å²) in [7, 11) is 1.93. The van der Waals surface area contributed by atoms with Crippen LogP contribution in [-0.2, 0) is 0 Å². The molecule has 2 heteroatoms. The SMILES string of the molecule is CNC1CC(C)c2c(F)cccc21. The molecule has 0 aromatic heterocycles. The molecule has 13 heavy (non-hydrogen) atoms. The molecule has 2 unspecified atom stereocenters. The molecule has 1 N–H and O–H groups in total. The van der Waals surface area contributed by atoms with Crippen molar-refractivity contribution >= 4 is 0 Å². The topological polar surface area (TPSA) is 12.0 Å². The second kappa shape index (κ2) is 3.11. The maximum atomic E-state index is 13.4. The highest BCUT2D eigenvalue weighted by molar-refractivity contribution is 5.38. The van der Waals surface area contributed by atoms with Gasteiger partial charge in [-0.15, -0.1) is 0 Å². The first-order chi connectivity index (χ1) is 6.24. The van der Waals surface area contributed by atoms with Crippen LogP contribution in [-0.4, -0.2) is 7.05 Å². The van der Waals surface area contributed by atoms with Crippen molar-refractivity contribution in [1.29, 1.82) is 0 Å². The van der Waals surface area contributed by atoms with Crippen LogP contribution in [0.5, 0.6) is 0 Å². The highest BCUT2D eigenvalue weighted by atomic mass is 19.1. The zero-order valence-corrected chi connectivity index (χ0v) is 7.97. The number of fused-ring (bicyclic) bond motifs is 1. The second-order valence-electron chi connectivity index (χ2n) is 3.72. The number of rotatable bonds is 1. The Morgan fingerprint density at radius 3 is 2.92 bits per heavy atom. The summed E-state index contributed by atoms with van der Waals surface area (Å²) < 4.78 is 13.4. The normalized spacial score (nSPS) is 26.1. The number of hydrogen-bond acceptors (Lipinski definition) is 1. The van der Waals surface area contributed by atoms with E-state index in [0.717, 1.165) is 17.5 Å². The predicted octanol–water partition coefficient (Wildman–Crippen LogP) is 2.59. The molecule has 0 saturated heterocycles. The Morgan fingerprint density at radius 1 is 1.46 bits per heavy atom. The fraction of sp³-hybridized carbons (Fsp3) is 0.455. The highest BCUT2D eigenvalue weighted by Crippen LogP contribution is 2.40. The average Bonchev–Trinajstić information content (AvgIpc) is 2.44. The van der Waals surface area contributed by atoms with Crippen LogP contribution in [0.2, 0.25) is 0 Å². The molecule has 0 saturated carbocycles. The first-order valence-electron chi connectivity index (χ1n) is 4.69. The van der Waals surface area contributed by atoms with Gasteiger partial charge in [-0.2, -0.15) is 0 Å². The van der Waals surface area contributed by atoms with Crippen LogP contribution >= 0.6 is 0 Å². The molecule has 2 atom stereocenters. The third kappa shape index (κ3) is 1.25. The van der Waals surface area contributed by atoms with Gasteiger partial charge in [-0.3, -0.25) is 0 Å². The van der Waals surface area contributed by atoms with E-state index < -0.39 is 0 Å². The summed E-state index contributed by atoms with van der Waals surface area (Å²) in [6, 6.07) is 5.69. The van der Waals surface area contributed by atoms with E-state index in [-0.39, 0.29) is 5.82 Å². The standard InChI is InChI=1S/C11H14FN/c1-7-6-10(13-2)8-4-3-5-9(12)11(7)8/h3-5,7,10,13H,6H2,1-2H3. The predicted molar refractivity (Wildman–Crippen MR) is 51.2 cm³/mol. The van der Waals surface area contributed by atoms with Crippen LogP contribution in [0, 0.1) is 5.82 Å². The van der Waals surface area contributed by atoms with Crippen LogP contribution in [0.3, 0.4) is 0 Å². The van der Waals surface area contributed by atoms with Gasteiger partial charge in [0.05, 0.1) is 0 Å². The van der Waals surface area contributed by atoms with Gasteiger partial charge in [0.1, 0.15) is 5.82 Å². The Hall–Kier alpha value is -0.890. The van der Waals surface area contributed by atoms with Crippen molar-refractivity contribution in [2.75, 3.05) is 7.05 Å². The highest BCUT2D eigenvalue weighted by Gasteiger charge is 2.29. The summed E-state index contributed by atoms with van der Waals surface area (Å²) in [5, 5.41) is 3.21. The zero-order chi connectivity index (χ0) is 9.42. The largest absolute Gasteiger partial charge is 0.313 e. The second-order valence-corrected chi connectivity index (χ2v) is 3.72. The van der Waals surface area contributed by atoms with Gasteiger partial charge in [0.15, 0.2) is 0 Å². The number of nitrogens with one attached hydrogen (secondary N) is 1. The maximum absolute atomic E-state index is 13.4. The fourth-order valence-corrected chi connectivity index (χ4v) is 2.25. The third-order valence-electron chi connectivity index (χ3n) is 2.89. The molecular formula is C11H14FN. The molecule has 1 aliphatic rings. The van der Waals surface area contributed by atoms with Gasteiger partial charge >= 0.3 is 0 Å². The minimum Gasteiger partial charge on any atom is -0.313 e. The molecule has 0 fully saturated rings. The van der Waals surface area contributed by atoms with Crippen molar-refractivity contribution in [1.82, 2.24) is 5.32 Å². The van der Waals surface area contributed by atoms with Gasteiger partial charge in [-0.25, -0.2) is 4.39 Å². The van der Waals surface area contributed by atoms with E-state index in [0.29, 0.717) is 12.0 Å². The number of benzene rings is 1. The van der Waals surface area contributed by atoms with Crippen molar-refractivity contribution in [3.8, 4) is 0 Å². The summed E-state index contributed by atoms with van der Waals surface area (Å²) in [5.74, 6) is 0.288. The van der Waals surface area contributed by atoms with Crippen LogP contribution in [0.25, 0.3) is 0 Å². The van der Waals surface area contributed by atoms with Crippen molar-refractivity contribution in [2.45, 2.75) is 25.3 Å². The Bertz CT molecular complexity index is 322. The molecule has 0 amide bonds. The molecule has 0 radical (unpaired) electrons. The van der Waals surface area contributed by atoms with Gasteiger partial charge < -0.3 is 5.32 Å². The molecule has 70 valence electrons. The summed E-state index contributed by atoms with van der Waals surface area (Å²) in [6.07, 6.45) is 1.01. The summed E-state index contributed by atoms with van der Waals surface area (Å²) in [6.45, 7) is 2.08. The average molecular weight is 179 g/mol. The lowest BCUT2D eigenvalue weighted by Crippen LogP contribution is -2.12. The van der Waals surface area contributed by atoms with Crippen molar-refractivity contribution in [3.63, 3.8) is 0 Å². The smallest absolute Gasteiger partial charge is 0.127 e. The molecule has 2 rings (SSSR count). The minimum absolute atomic E-state index is 0.0530. The van der Waals surface area contributed by atoms with Gasteiger partial charge in [-0.1, -0.05) is 19.1 Å². The lowest BCUT2D eigenvalue weighted by Gasteiger charge is -2.08. The Labute approximate surface area is 78.0 Å². The van der Waals surface area contributed by atoms with Gasteiger partial charge in [0.25, 0.3) is 0 Å². The monoisotopic (exact) mass is 179 g/mol. The lowest BCUT2D eigenvalue weighted by atomic mass is 10.0. The van der Waals surface area contributed by atoms with Crippen molar-refractivity contribution in [3.05, 3.63) is 35.1 Å². The molecule has 1 aromatic carbocycles. The molecule has 0 spiro atoms. The number of hydrogen-bond donors (Lipinski definition) is 1. The minimum atomic E-state index is -0.0530. The summed E-state index contributed by atoms with van der Waals surface area (Å²) in [4.78, 5) is 0. The van der Waals surface area contributed by atoms with E-state index in [4.69, 9.17) is 0 Å². The molecule has 1 aliphatic carbocycles. The summed E-state index contributed by atoms with van der Waals surface area (Å²) in [5.41, 5.74) is 2.04. The van der Waals surface area contributed by atoms with E-state index in [2.05, 4.69) is 12.2 Å². The zero-order valence-electron chi connectivity index (χ0n) is 7.97.